The zero-order valence-corrected chi connectivity index (χ0v) is 20.2. The van der Waals surface area contributed by atoms with Crippen molar-refractivity contribution in [2.24, 2.45) is 0 Å². The topological polar surface area (TPSA) is 57.6 Å². The van der Waals surface area contributed by atoms with Crippen molar-refractivity contribution in [3.63, 3.8) is 0 Å². The van der Waals surface area contributed by atoms with Crippen molar-refractivity contribution in [3.8, 4) is 11.1 Å². The summed E-state index contributed by atoms with van der Waals surface area (Å²) in [4.78, 5) is 26.5. The molecule has 0 heterocycles. The maximum absolute atomic E-state index is 13.4. The van der Waals surface area contributed by atoms with E-state index in [4.69, 9.17) is 5.11 Å². The van der Waals surface area contributed by atoms with Gasteiger partial charge in [-0.3, -0.25) is 4.79 Å². The van der Waals surface area contributed by atoms with Crippen molar-refractivity contribution in [2.75, 3.05) is 0 Å². The maximum Gasteiger partial charge on any atom is 0.335 e. The first kappa shape index (κ1) is 25.2. The van der Waals surface area contributed by atoms with Crippen LogP contribution in [0.15, 0.2) is 78.9 Å². The van der Waals surface area contributed by atoms with Gasteiger partial charge in [0.2, 0.25) is 5.91 Å². The van der Waals surface area contributed by atoms with Crippen LogP contribution in [-0.2, 0) is 17.8 Å². The molecule has 0 aromatic heterocycles. The summed E-state index contributed by atoms with van der Waals surface area (Å²) < 4.78 is 0. The van der Waals surface area contributed by atoms with E-state index >= 15 is 0 Å². The predicted molar refractivity (Wildman–Crippen MR) is 138 cm³/mol. The van der Waals surface area contributed by atoms with Crippen molar-refractivity contribution in [2.45, 2.75) is 65.0 Å². The zero-order valence-electron chi connectivity index (χ0n) is 20.2. The van der Waals surface area contributed by atoms with Gasteiger partial charge in [0, 0.05) is 19.0 Å². The summed E-state index contributed by atoms with van der Waals surface area (Å²) >= 11 is 0. The lowest BCUT2D eigenvalue weighted by atomic mass is 10.00. The number of carboxylic acids is 1. The van der Waals surface area contributed by atoms with E-state index in [1.807, 2.05) is 42.5 Å². The first-order valence-corrected chi connectivity index (χ1v) is 12.3. The molecule has 1 N–H and O–H groups in total. The molecule has 0 radical (unpaired) electrons. The van der Waals surface area contributed by atoms with Gasteiger partial charge in [-0.25, -0.2) is 4.79 Å². The second kappa shape index (κ2) is 12.7. The summed E-state index contributed by atoms with van der Waals surface area (Å²) in [6.07, 6.45) is 5.41. The molecule has 0 atom stereocenters. The van der Waals surface area contributed by atoms with Gasteiger partial charge in [0.25, 0.3) is 0 Å². The molecule has 3 aromatic rings. The summed E-state index contributed by atoms with van der Waals surface area (Å²) in [5.74, 6) is -0.711. The number of carboxylic acid groups (broad SMARTS) is 1. The molecule has 0 aliphatic rings. The molecule has 0 fully saturated rings. The Morgan fingerprint density at radius 1 is 0.765 bits per heavy atom. The molecule has 0 aliphatic heterocycles. The Hall–Kier alpha value is -3.40. The average Bonchev–Trinajstić information content (AvgIpc) is 2.87. The highest BCUT2D eigenvalue weighted by atomic mass is 16.4. The fraction of sp³-hybridized carbons (Fsp3) is 0.333. The minimum absolute atomic E-state index is 0.212. The summed E-state index contributed by atoms with van der Waals surface area (Å²) in [6.45, 7) is 4.97. The summed E-state index contributed by atoms with van der Waals surface area (Å²) in [5.41, 5.74) is 4.58. The third kappa shape index (κ3) is 7.05. The third-order valence-electron chi connectivity index (χ3n) is 6.25. The van der Waals surface area contributed by atoms with Gasteiger partial charge in [-0.2, -0.15) is 0 Å². The Bertz CT molecular complexity index is 1040. The van der Waals surface area contributed by atoms with Crippen LogP contribution in [0.5, 0.6) is 0 Å². The Labute approximate surface area is 203 Å². The molecule has 0 spiro atoms. The molecule has 0 saturated carbocycles. The molecule has 3 aromatic carbocycles. The standard InChI is InChI=1S/C30H35NO3/c1-3-8-28(9-4-2)31(29(32)21-14-23-10-6-5-7-11-23)22-24-12-15-25(16-13-24)26-17-19-27(20-18-26)30(33)34/h5-7,10-13,15-20,28H,3-4,8-9,14,21-22H2,1-2H3,(H,33,34). The minimum Gasteiger partial charge on any atom is -0.478 e. The molecule has 178 valence electrons. The second-order valence-corrected chi connectivity index (χ2v) is 8.82. The van der Waals surface area contributed by atoms with E-state index in [1.165, 1.54) is 5.56 Å². The van der Waals surface area contributed by atoms with Gasteiger partial charge in [0.15, 0.2) is 0 Å². The van der Waals surface area contributed by atoms with Gasteiger partial charge in [-0.05, 0) is 53.6 Å². The number of carbonyl (C=O) groups excluding carboxylic acids is 1. The molecule has 0 bridgehead atoms. The first-order valence-electron chi connectivity index (χ1n) is 12.3. The number of amides is 1. The summed E-state index contributed by atoms with van der Waals surface area (Å²) in [5, 5.41) is 9.10. The van der Waals surface area contributed by atoms with E-state index in [1.54, 1.807) is 12.1 Å². The van der Waals surface area contributed by atoms with Gasteiger partial charge >= 0.3 is 5.97 Å². The smallest absolute Gasteiger partial charge is 0.335 e. The Balaban J connectivity index is 1.74. The molecule has 0 aliphatic carbocycles. The number of aromatic carboxylic acids is 1. The highest BCUT2D eigenvalue weighted by Crippen LogP contribution is 2.23. The van der Waals surface area contributed by atoms with Crippen LogP contribution in [0, 0.1) is 0 Å². The monoisotopic (exact) mass is 457 g/mol. The highest BCUT2D eigenvalue weighted by molar-refractivity contribution is 5.88. The van der Waals surface area contributed by atoms with Crippen molar-refractivity contribution in [1.82, 2.24) is 4.90 Å². The minimum atomic E-state index is -0.923. The van der Waals surface area contributed by atoms with Crippen molar-refractivity contribution < 1.29 is 14.7 Å². The number of hydrogen-bond donors (Lipinski definition) is 1. The first-order chi connectivity index (χ1) is 16.5. The second-order valence-electron chi connectivity index (χ2n) is 8.82. The van der Waals surface area contributed by atoms with Crippen LogP contribution in [0.2, 0.25) is 0 Å². The molecule has 0 saturated heterocycles. The third-order valence-corrected chi connectivity index (χ3v) is 6.25. The summed E-state index contributed by atoms with van der Waals surface area (Å²) in [7, 11) is 0. The normalized spacial score (nSPS) is 10.9. The lowest BCUT2D eigenvalue weighted by Crippen LogP contribution is -2.40. The number of rotatable bonds is 12. The van der Waals surface area contributed by atoms with Crippen LogP contribution in [0.4, 0.5) is 0 Å². The van der Waals surface area contributed by atoms with E-state index < -0.39 is 5.97 Å². The molecule has 3 rings (SSSR count). The van der Waals surface area contributed by atoms with Gasteiger partial charge in [-0.15, -0.1) is 0 Å². The Morgan fingerprint density at radius 2 is 1.32 bits per heavy atom. The van der Waals surface area contributed by atoms with Crippen LogP contribution in [-0.4, -0.2) is 27.9 Å². The molecule has 34 heavy (non-hydrogen) atoms. The Morgan fingerprint density at radius 3 is 1.85 bits per heavy atom. The van der Waals surface area contributed by atoms with Crippen LogP contribution < -0.4 is 0 Å². The number of aryl methyl sites for hydroxylation is 1. The largest absolute Gasteiger partial charge is 0.478 e. The number of hydrogen-bond acceptors (Lipinski definition) is 2. The van der Waals surface area contributed by atoms with Crippen LogP contribution >= 0.6 is 0 Å². The lowest BCUT2D eigenvalue weighted by molar-refractivity contribution is -0.134. The van der Waals surface area contributed by atoms with E-state index in [0.717, 1.165) is 48.8 Å². The van der Waals surface area contributed by atoms with Crippen LogP contribution in [0.25, 0.3) is 11.1 Å². The average molecular weight is 458 g/mol. The van der Waals surface area contributed by atoms with Gasteiger partial charge in [-0.1, -0.05) is 93.4 Å². The lowest BCUT2D eigenvalue weighted by Gasteiger charge is -2.32. The molecular weight excluding hydrogens is 422 g/mol. The number of nitrogens with zero attached hydrogens (tertiary/aromatic N) is 1. The van der Waals surface area contributed by atoms with Crippen molar-refractivity contribution >= 4 is 11.9 Å². The van der Waals surface area contributed by atoms with E-state index in [9.17, 15) is 9.59 Å². The maximum atomic E-state index is 13.4. The number of benzene rings is 3. The van der Waals surface area contributed by atoms with Gasteiger partial charge < -0.3 is 10.0 Å². The van der Waals surface area contributed by atoms with Crippen LogP contribution in [0.1, 0.15) is 67.4 Å². The predicted octanol–water partition coefficient (Wildman–Crippen LogP) is 6.98. The summed E-state index contributed by atoms with van der Waals surface area (Å²) in [6, 6.07) is 25.6. The fourth-order valence-corrected chi connectivity index (χ4v) is 4.39. The van der Waals surface area contributed by atoms with Gasteiger partial charge in [0.1, 0.15) is 0 Å². The van der Waals surface area contributed by atoms with Crippen LogP contribution in [0.3, 0.4) is 0 Å². The quantitative estimate of drug-likeness (QED) is 0.319. The SMILES string of the molecule is CCCC(CCC)N(Cc1ccc(-c2ccc(C(=O)O)cc2)cc1)C(=O)CCc1ccccc1. The molecule has 4 nitrogen and oxygen atoms in total. The van der Waals surface area contributed by atoms with E-state index in [-0.39, 0.29) is 17.5 Å². The molecular formula is C30H35NO3. The van der Waals surface area contributed by atoms with Crippen molar-refractivity contribution in [1.29, 1.82) is 0 Å². The highest BCUT2D eigenvalue weighted by Gasteiger charge is 2.22. The molecule has 1 amide bonds. The number of carbonyl (C=O) groups is 2. The van der Waals surface area contributed by atoms with E-state index in [2.05, 4.69) is 43.0 Å². The van der Waals surface area contributed by atoms with Gasteiger partial charge in [0.05, 0.1) is 5.56 Å². The molecule has 4 heteroatoms. The van der Waals surface area contributed by atoms with Crippen molar-refractivity contribution in [3.05, 3.63) is 95.6 Å². The zero-order chi connectivity index (χ0) is 24.3. The fourth-order valence-electron chi connectivity index (χ4n) is 4.39. The van der Waals surface area contributed by atoms with E-state index in [0.29, 0.717) is 13.0 Å². The molecule has 0 unspecified atom stereocenters. The Kier molecular flexibility index (Phi) is 9.45.